The number of halogens is 4. The minimum atomic E-state index is -4.64. The number of aromatic nitrogens is 4. The van der Waals surface area contributed by atoms with Crippen LogP contribution >= 0.6 is 11.9 Å². The lowest BCUT2D eigenvalue weighted by Crippen LogP contribution is -2.11. The number of nitrogens with zero attached hydrogens (tertiary/aromatic N) is 4. The number of hydrogen-bond donors (Lipinski definition) is 2. The van der Waals surface area contributed by atoms with E-state index in [1.807, 2.05) is 0 Å². The molecule has 0 saturated carbocycles. The molecule has 0 bridgehead atoms. The molecule has 0 spiro atoms. The lowest BCUT2D eigenvalue weighted by Gasteiger charge is -2.13. The Morgan fingerprint density at radius 1 is 1.23 bits per heavy atom. The minimum absolute atomic E-state index is 0.0136. The van der Waals surface area contributed by atoms with E-state index in [0.29, 0.717) is 11.1 Å². The van der Waals surface area contributed by atoms with Crippen molar-refractivity contribution in [3.05, 3.63) is 48.2 Å². The van der Waals surface area contributed by atoms with Gasteiger partial charge in [-0.2, -0.15) is 18.3 Å². The highest BCUT2D eigenvalue weighted by Crippen LogP contribution is 2.36. The second-order valence-corrected chi connectivity index (χ2v) is 5.95. The van der Waals surface area contributed by atoms with Crippen LogP contribution in [0.25, 0.3) is 11.3 Å². The molecule has 0 amide bonds. The van der Waals surface area contributed by atoms with Gasteiger partial charge in [0.15, 0.2) is 0 Å². The SMILES string of the molecule is Cn1cc(-c2nc(Nc3ccc(SN)cc3F)ncc2C(F)(F)F)cn1. The lowest BCUT2D eigenvalue weighted by molar-refractivity contribution is -0.137. The third-order valence-corrected chi connectivity index (χ3v) is 3.92. The molecule has 0 saturated heterocycles. The highest BCUT2D eigenvalue weighted by atomic mass is 32.2. The topological polar surface area (TPSA) is 81.7 Å². The van der Waals surface area contributed by atoms with Crippen LogP contribution in [0.5, 0.6) is 0 Å². The maximum Gasteiger partial charge on any atom is 0.419 e. The van der Waals surface area contributed by atoms with Gasteiger partial charge in [-0.3, -0.25) is 9.82 Å². The van der Waals surface area contributed by atoms with Crippen LogP contribution in [0.3, 0.4) is 0 Å². The Morgan fingerprint density at radius 3 is 2.58 bits per heavy atom. The van der Waals surface area contributed by atoms with Gasteiger partial charge in [0.25, 0.3) is 0 Å². The quantitative estimate of drug-likeness (QED) is 0.527. The predicted octanol–water partition coefficient (Wildman–Crippen LogP) is 3.74. The Morgan fingerprint density at radius 2 is 2.00 bits per heavy atom. The van der Waals surface area contributed by atoms with Crippen LogP contribution in [0.2, 0.25) is 0 Å². The van der Waals surface area contributed by atoms with Gasteiger partial charge in [0.05, 0.1) is 17.6 Å². The Labute approximate surface area is 149 Å². The number of anilines is 2. The molecule has 136 valence electrons. The van der Waals surface area contributed by atoms with Crippen molar-refractivity contribution in [2.24, 2.45) is 12.2 Å². The fourth-order valence-electron chi connectivity index (χ4n) is 2.20. The molecule has 0 unspecified atom stereocenters. The van der Waals surface area contributed by atoms with Gasteiger partial charge in [0, 0.05) is 29.9 Å². The average molecular weight is 384 g/mol. The molecule has 0 radical (unpaired) electrons. The van der Waals surface area contributed by atoms with Crippen molar-refractivity contribution < 1.29 is 17.6 Å². The molecular formula is C15H12F4N6S. The predicted molar refractivity (Wildman–Crippen MR) is 89.0 cm³/mol. The maximum atomic E-state index is 14.0. The summed E-state index contributed by atoms with van der Waals surface area (Å²) in [6.45, 7) is 0. The zero-order valence-electron chi connectivity index (χ0n) is 13.3. The molecule has 3 aromatic rings. The first kappa shape index (κ1) is 18.1. The van der Waals surface area contributed by atoms with Crippen molar-refractivity contribution in [1.82, 2.24) is 19.7 Å². The summed E-state index contributed by atoms with van der Waals surface area (Å²) in [4.78, 5) is 8.06. The Kier molecular flexibility index (Phi) is 4.83. The van der Waals surface area contributed by atoms with E-state index in [9.17, 15) is 17.6 Å². The van der Waals surface area contributed by atoms with Gasteiger partial charge in [-0.1, -0.05) is 0 Å². The van der Waals surface area contributed by atoms with E-state index >= 15 is 0 Å². The number of hydrogen-bond acceptors (Lipinski definition) is 6. The zero-order valence-corrected chi connectivity index (χ0v) is 14.1. The zero-order chi connectivity index (χ0) is 18.9. The number of rotatable bonds is 4. The fourth-order valence-corrected chi connectivity index (χ4v) is 2.52. The van der Waals surface area contributed by atoms with Crippen molar-refractivity contribution in [2.75, 3.05) is 5.32 Å². The van der Waals surface area contributed by atoms with Crippen molar-refractivity contribution in [1.29, 1.82) is 0 Å². The molecule has 0 fully saturated rings. The molecule has 0 aliphatic carbocycles. The molecule has 3 N–H and O–H groups in total. The summed E-state index contributed by atoms with van der Waals surface area (Å²) in [5, 5.41) is 11.8. The summed E-state index contributed by atoms with van der Waals surface area (Å²) >= 11 is 0.871. The van der Waals surface area contributed by atoms with E-state index in [0.717, 1.165) is 11.9 Å². The van der Waals surface area contributed by atoms with Crippen molar-refractivity contribution >= 4 is 23.6 Å². The van der Waals surface area contributed by atoms with Crippen LogP contribution in [-0.4, -0.2) is 19.7 Å². The highest BCUT2D eigenvalue weighted by Gasteiger charge is 2.35. The van der Waals surface area contributed by atoms with E-state index in [-0.39, 0.29) is 22.9 Å². The smallest absolute Gasteiger partial charge is 0.322 e. The minimum Gasteiger partial charge on any atom is -0.322 e. The molecule has 11 heteroatoms. The molecule has 26 heavy (non-hydrogen) atoms. The van der Waals surface area contributed by atoms with Gasteiger partial charge in [-0.25, -0.2) is 14.4 Å². The standard InChI is InChI=1S/C15H12F4N6S/c1-25-7-8(5-22-25)13-10(15(17,18)19)6-21-14(24-13)23-12-3-2-9(26-20)4-11(12)16/h2-7H,20H2,1H3,(H,21,23,24). The summed E-state index contributed by atoms with van der Waals surface area (Å²) in [6, 6.07) is 4.15. The van der Waals surface area contributed by atoms with E-state index < -0.39 is 17.6 Å². The lowest BCUT2D eigenvalue weighted by atomic mass is 10.1. The second kappa shape index (κ2) is 6.92. The van der Waals surface area contributed by atoms with Gasteiger partial charge >= 0.3 is 6.18 Å². The highest BCUT2D eigenvalue weighted by molar-refractivity contribution is 7.97. The summed E-state index contributed by atoms with van der Waals surface area (Å²) in [5.74, 6) is -0.809. The molecule has 0 aliphatic heterocycles. The third kappa shape index (κ3) is 3.78. The Hall–Kier alpha value is -2.66. The van der Waals surface area contributed by atoms with Crippen molar-refractivity contribution in [3.8, 4) is 11.3 Å². The van der Waals surface area contributed by atoms with E-state index in [1.54, 1.807) is 13.1 Å². The molecule has 6 nitrogen and oxygen atoms in total. The molecule has 3 rings (SSSR count). The Bertz CT molecular complexity index is 940. The first-order chi connectivity index (χ1) is 12.3. The monoisotopic (exact) mass is 384 g/mol. The first-order valence-electron chi connectivity index (χ1n) is 7.14. The van der Waals surface area contributed by atoms with Crippen molar-refractivity contribution in [2.45, 2.75) is 11.1 Å². The van der Waals surface area contributed by atoms with Gasteiger partial charge in [0.1, 0.15) is 11.4 Å². The second-order valence-electron chi connectivity index (χ2n) is 5.24. The summed E-state index contributed by atoms with van der Waals surface area (Å²) in [5.41, 5.74) is -1.18. The fraction of sp³-hybridized carbons (Fsp3) is 0.133. The molecule has 0 atom stereocenters. The van der Waals surface area contributed by atoms with Crippen LogP contribution in [0.4, 0.5) is 29.2 Å². The molecule has 0 aliphatic rings. The van der Waals surface area contributed by atoms with E-state index in [4.69, 9.17) is 5.14 Å². The Balaban J connectivity index is 2.02. The summed E-state index contributed by atoms with van der Waals surface area (Å²) in [7, 11) is 1.57. The molecule has 1 aromatic carbocycles. The average Bonchev–Trinajstić information content (AvgIpc) is 3.02. The third-order valence-electron chi connectivity index (χ3n) is 3.40. The number of benzene rings is 1. The number of aryl methyl sites for hydroxylation is 1. The van der Waals surface area contributed by atoms with Crippen LogP contribution in [0.1, 0.15) is 5.56 Å². The van der Waals surface area contributed by atoms with Crippen LogP contribution in [0, 0.1) is 5.82 Å². The van der Waals surface area contributed by atoms with Gasteiger partial charge in [-0.15, -0.1) is 0 Å². The van der Waals surface area contributed by atoms with Gasteiger partial charge in [-0.05, 0) is 30.1 Å². The molecule has 2 heterocycles. The number of nitrogens with two attached hydrogens (primary N) is 1. The number of alkyl halides is 3. The van der Waals surface area contributed by atoms with Crippen molar-refractivity contribution in [3.63, 3.8) is 0 Å². The van der Waals surface area contributed by atoms with E-state index in [1.165, 1.54) is 29.2 Å². The maximum absolute atomic E-state index is 14.0. The van der Waals surface area contributed by atoms with Crippen LogP contribution in [0.15, 0.2) is 41.7 Å². The molecular weight excluding hydrogens is 372 g/mol. The van der Waals surface area contributed by atoms with Crippen LogP contribution in [-0.2, 0) is 13.2 Å². The summed E-state index contributed by atoms with van der Waals surface area (Å²) < 4.78 is 55.1. The molecule has 2 aromatic heterocycles. The van der Waals surface area contributed by atoms with E-state index in [2.05, 4.69) is 20.4 Å². The van der Waals surface area contributed by atoms with Gasteiger partial charge in [0.2, 0.25) is 5.95 Å². The summed E-state index contributed by atoms with van der Waals surface area (Å²) in [6.07, 6.45) is -1.33. The number of nitrogens with one attached hydrogen (secondary N) is 1. The largest absolute Gasteiger partial charge is 0.419 e. The first-order valence-corrected chi connectivity index (χ1v) is 8.02. The van der Waals surface area contributed by atoms with Crippen LogP contribution < -0.4 is 10.5 Å². The van der Waals surface area contributed by atoms with Gasteiger partial charge < -0.3 is 5.32 Å². The normalized spacial score (nSPS) is 11.6.